The topological polar surface area (TPSA) is 97.0 Å². The largest absolute Gasteiger partial charge is 0.459 e. The normalized spacial score (nSPS) is 10.8. The lowest BCUT2D eigenvalue weighted by molar-refractivity contribution is -0.113. The van der Waals surface area contributed by atoms with Crippen LogP contribution in [0.4, 0.5) is 5.69 Å². The fourth-order valence-electron chi connectivity index (χ4n) is 2.38. The molecule has 0 saturated carbocycles. The van der Waals surface area contributed by atoms with Gasteiger partial charge in [0, 0.05) is 11.3 Å². The quantitative estimate of drug-likeness (QED) is 0.425. The Bertz CT molecular complexity index is 1000. The molecule has 0 aliphatic rings. The van der Waals surface area contributed by atoms with Gasteiger partial charge in [0.15, 0.2) is 5.82 Å². The molecule has 0 fully saturated rings. The van der Waals surface area contributed by atoms with Crippen molar-refractivity contribution in [2.24, 2.45) is 0 Å². The van der Waals surface area contributed by atoms with Gasteiger partial charge in [-0.1, -0.05) is 35.5 Å². The summed E-state index contributed by atoms with van der Waals surface area (Å²) in [4.78, 5) is 28.4. The highest BCUT2D eigenvalue weighted by atomic mass is 35.5. The van der Waals surface area contributed by atoms with Gasteiger partial charge in [-0.15, -0.1) is 5.10 Å². The summed E-state index contributed by atoms with van der Waals surface area (Å²) in [6.07, 6.45) is -0.187. The maximum absolute atomic E-state index is 12.2. The van der Waals surface area contributed by atoms with E-state index in [4.69, 9.17) is 16.3 Å². The van der Waals surface area contributed by atoms with Crippen LogP contribution in [-0.4, -0.2) is 38.9 Å². The van der Waals surface area contributed by atoms with Crippen LogP contribution in [0.5, 0.6) is 0 Å². The lowest BCUT2D eigenvalue weighted by Crippen LogP contribution is -2.15. The monoisotopic (exact) mass is 430 g/mol. The fraction of sp³-hybridized carbons (Fsp3) is 0.200. The van der Waals surface area contributed by atoms with Gasteiger partial charge >= 0.3 is 5.97 Å². The average Bonchev–Trinajstić information content (AvgIpc) is 3.15. The van der Waals surface area contributed by atoms with E-state index in [0.717, 1.165) is 5.56 Å². The minimum atomic E-state index is -0.396. The van der Waals surface area contributed by atoms with Crippen LogP contribution in [0.25, 0.3) is 11.4 Å². The van der Waals surface area contributed by atoms with Crippen LogP contribution >= 0.6 is 23.4 Å². The summed E-state index contributed by atoms with van der Waals surface area (Å²) in [5.41, 5.74) is 1.76. The number of halogens is 1. The summed E-state index contributed by atoms with van der Waals surface area (Å²) in [6.45, 7) is 3.57. The molecule has 0 aliphatic carbocycles. The second-order valence-electron chi connectivity index (χ2n) is 6.31. The number of benzene rings is 2. The molecule has 29 heavy (non-hydrogen) atoms. The molecule has 3 aromatic rings. The maximum Gasteiger partial charge on any atom is 0.338 e. The molecule has 2 N–H and O–H groups in total. The van der Waals surface area contributed by atoms with Gasteiger partial charge in [-0.2, -0.15) is 0 Å². The predicted molar refractivity (Wildman–Crippen MR) is 113 cm³/mol. The van der Waals surface area contributed by atoms with Gasteiger partial charge in [0.25, 0.3) is 0 Å². The van der Waals surface area contributed by atoms with Crippen LogP contribution in [-0.2, 0) is 9.53 Å². The SMILES string of the molecule is CC(C)OC(=O)c1ccc(NC(=O)CSc2n[nH]c(-c3ccccc3Cl)n2)cc1. The first-order valence-corrected chi connectivity index (χ1v) is 10.2. The second kappa shape index (κ2) is 9.58. The standard InChI is InChI=1S/C20H19ClN4O3S/c1-12(2)28-19(27)13-7-9-14(10-8-13)22-17(26)11-29-20-23-18(24-25-20)15-5-3-4-6-16(15)21/h3-10,12H,11H2,1-2H3,(H,22,26)(H,23,24,25). The Balaban J connectivity index is 1.53. The van der Waals surface area contributed by atoms with Crippen molar-refractivity contribution in [2.45, 2.75) is 25.1 Å². The molecule has 0 radical (unpaired) electrons. The fourth-order valence-corrected chi connectivity index (χ4v) is 3.21. The average molecular weight is 431 g/mol. The van der Waals surface area contributed by atoms with Crippen LogP contribution in [0.3, 0.4) is 0 Å². The predicted octanol–water partition coefficient (Wildman–Crippen LogP) is 4.42. The number of hydrogen-bond acceptors (Lipinski definition) is 6. The number of aromatic amines is 1. The van der Waals surface area contributed by atoms with Crippen LogP contribution in [0.1, 0.15) is 24.2 Å². The number of aromatic nitrogens is 3. The van der Waals surface area contributed by atoms with Crippen LogP contribution in [0.15, 0.2) is 53.7 Å². The van der Waals surface area contributed by atoms with Crippen molar-refractivity contribution >= 4 is 40.9 Å². The van der Waals surface area contributed by atoms with E-state index in [9.17, 15) is 9.59 Å². The van der Waals surface area contributed by atoms with Crippen molar-refractivity contribution in [1.29, 1.82) is 0 Å². The van der Waals surface area contributed by atoms with E-state index in [-0.39, 0.29) is 17.8 Å². The molecular weight excluding hydrogens is 412 g/mol. The minimum Gasteiger partial charge on any atom is -0.459 e. The number of H-pyrrole nitrogens is 1. The molecule has 2 aromatic carbocycles. The zero-order valence-electron chi connectivity index (χ0n) is 15.8. The van der Waals surface area contributed by atoms with Crippen molar-refractivity contribution in [1.82, 2.24) is 15.2 Å². The Labute approximate surface area is 177 Å². The zero-order chi connectivity index (χ0) is 20.8. The Morgan fingerprint density at radius 2 is 1.90 bits per heavy atom. The van der Waals surface area contributed by atoms with Crippen molar-refractivity contribution in [3.63, 3.8) is 0 Å². The van der Waals surface area contributed by atoms with E-state index in [1.54, 1.807) is 44.2 Å². The number of nitrogens with zero attached hydrogens (tertiary/aromatic N) is 2. The molecule has 7 nitrogen and oxygen atoms in total. The molecule has 0 unspecified atom stereocenters. The summed E-state index contributed by atoms with van der Waals surface area (Å²) in [7, 11) is 0. The molecule has 1 amide bonds. The van der Waals surface area contributed by atoms with Crippen molar-refractivity contribution in [3.05, 3.63) is 59.1 Å². The first-order chi connectivity index (χ1) is 13.9. The number of nitrogens with one attached hydrogen (secondary N) is 2. The zero-order valence-corrected chi connectivity index (χ0v) is 17.4. The van der Waals surface area contributed by atoms with Gasteiger partial charge in [-0.05, 0) is 50.2 Å². The molecule has 1 aromatic heterocycles. The Morgan fingerprint density at radius 1 is 1.17 bits per heavy atom. The number of carbonyl (C=O) groups excluding carboxylic acids is 2. The molecule has 0 saturated heterocycles. The first-order valence-electron chi connectivity index (χ1n) is 8.83. The molecular formula is C20H19ClN4O3S. The van der Waals surface area contributed by atoms with Crippen molar-refractivity contribution in [3.8, 4) is 11.4 Å². The molecule has 0 aliphatic heterocycles. The Kier molecular flexibility index (Phi) is 6.90. The van der Waals surface area contributed by atoms with Gasteiger partial charge in [0.2, 0.25) is 11.1 Å². The Hall–Kier alpha value is -2.84. The molecule has 3 rings (SSSR count). The summed E-state index contributed by atoms with van der Waals surface area (Å²) in [5, 5.41) is 10.7. The third-order valence-corrected chi connectivity index (χ3v) is 4.85. The molecule has 0 bridgehead atoms. The van der Waals surface area contributed by atoms with E-state index in [2.05, 4.69) is 20.5 Å². The number of rotatable bonds is 7. The highest BCUT2D eigenvalue weighted by Crippen LogP contribution is 2.26. The molecule has 0 spiro atoms. The highest BCUT2D eigenvalue weighted by molar-refractivity contribution is 7.99. The lowest BCUT2D eigenvalue weighted by Gasteiger charge is -2.08. The number of amides is 1. The minimum absolute atomic E-state index is 0.136. The van der Waals surface area contributed by atoms with E-state index >= 15 is 0 Å². The molecule has 9 heteroatoms. The van der Waals surface area contributed by atoms with E-state index in [0.29, 0.717) is 27.3 Å². The van der Waals surface area contributed by atoms with E-state index < -0.39 is 5.97 Å². The van der Waals surface area contributed by atoms with Gasteiger partial charge in [0.1, 0.15) is 0 Å². The van der Waals surface area contributed by atoms with Crippen LogP contribution in [0.2, 0.25) is 5.02 Å². The van der Waals surface area contributed by atoms with Gasteiger partial charge in [0.05, 0.1) is 22.4 Å². The Morgan fingerprint density at radius 3 is 2.59 bits per heavy atom. The number of anilines is 1. The third kappa shape index (κ3) is 5.82. The summed E-state index contributed by atoms with van der Waals surface area (Å²) >= 11 is 7.35. The summed E-state index contributed by atoms with van der Waals surface area (Å²) in [6, 6.07) is 13.8. The molecule has 150 valence electrons. The van der Waals surface area contributed by atoms with Gasteiger partial charge < -0.3 is 10.1 Å². The highest BCUT2D eigenvalue weighted by Gasteiger charge is 2.12. The number of esters is 1. The van der Waals surface area contributed by atoms with Gasteiger partial charge in [-0.25, -0.2) is 9.78 Å². The number of ether oxygens (including phenoxy) is 1. The maximum atomic E-state index is 12.2. The van der Waals surface area contributed by atoms with Crippen LogP contribution < -0.4 is 5.32 Å². The summed E-state index contributed by atoms with van der Waals surface area (Å²) in [5.74, 6) is 0.0723. The number of thioether (sulfide) groups is 1. The lowest BCUT2D eigenvalue weighted by atomic mass is 10.2. The smallest absolute Gasteiger partial charge is 0.338 e. The van der Waals surface area contributed by atoms with E-state index in [1.165, 1.54) is 11.8 Å². The number of carbonyl (C=O) groups is 2. The van der Waals surface area contributed by atoms with Crippen molar-refractivity contribution in [2.75, 3.05) is 11.1 Å². The summed E-state index contributed by atoms with van der Waals surface area (Å²) < 4.78 is 5.13. The number of hydrogen-bond donors (Lipinski definition) is 2. The van der Waals surface area contributed by atoms with Crippen LogP contribution in [0, 0.1) is 0 Å². The van der Waals surface area contributed by atoms with E-state index in [1.807, 2.05) is 18.2 Å². The van der Waals surface area contributed by atoms with Crippen molar-refractivity contribution < 1.29 is 14.3 Å². The second-order valence-corrected chi connectivity index (χ2v) is 7.66. The van der Waals surface area contributed by atoms with Gasteiger partial charge in [-0.3, -0.25) is 9.89 Å². The third-order valence-electron chi connectivity index (χ3n) is 3.67. The molecule has 0 atom stereocenters. The first kappa shape index (κ1) is 20.9. The molecule has 1 heterocycles.